The van der Waals surface area contributed by atoms with Crippen LogP contribution in [0.4, 0.5) is 0 Å². The number of carbonyl (C=O) groups excluding carboxylic acids is 1. The summed E-state index contributed by atoms with van der Waals surface area (Å²) in [7, 11) is -4.03. The fraction of sp³-hybridized carbons (Fsp3) is 0.571. The third-order valence-electron chi connectivity index (χ3n) is 2.95. The van der Waals surface area contributed by atoms with Gasteiger partial charge in [0.15, 0.2) is 5.76 Å². The summed E-state index contributed by atoms with van der Waals surface area (Å²) in [6, 6.07) is -0.243. The summed E-state index contributed by atoms with van der Waals surface area (Å²) in [6.45, 7) is 6.92. The van der Waals surface area contributed by atoms with E-state index in [-0.39, 0.29) is 29.4 Å². The van der Waals surface area contributed by atoms with E-state index in [0.29, 0.717) is 0 Å². The van der Waals surface area contributed by atoms with Crippen LogP contribution in [0.25, 0.3) is 0 Å². The predicted octanol–water partition coefficient (Wildman–Crippen LogP) is 0.624. The largest absolute Gasteiger partial charge is 0.480 e. The van der Waals surface area contributed by atoms with E-state index < -0.39 is 33.5 Å². The summed E-state index contributed by atoms with van der Waals surface area (Å²) in [5, 5.41) is 16.4. The monoisotopic (exact) mass is 362 g/mol. The molecule has 10 heteroatoms. The van der Waals surface area contributed by atoms with Gasteiger partial charge in [-0.1, -0.05) is 0 Å². The zero-order valence-corrected chi connectivity index (χ0v) is 14.8. The molecule has 0 spiro atoms. The number of nitrogens with one attached hydrogen (secondary N) is 1. The number of aryl methyl sites for hydroxylation is 1. The Morgan fingerprint density at radius 2 is 2.00 bits per heavy atom. The number of carboxylic acid groups (broad SMARTS) is 1. The van der Waals surface area contributed by atoms with Crippen molar-refractivity contribution in [2.75, 3.05) is 6.61 Å². The Kier molecular flexibility index (Phi) is 6.15. The Labute approximate surface area is 140 Å². The molecule has 0 aliphatic heterocycles. The first-order chi connectivity index (χ1) is 10.8. The highest BCUT2D eigenvalue weighted by Gasteiger charge is 2.26. The van der Waals surface area contributed by atoms with Crippen LogP contribution in [0, 0.1) is 6.92 Å². The lowest BCUT2D eigenvalue weighted by Crippen LogP contribution is -2.41. The molecule has 1 unspecified atom stereocenters. The van der Waals surface area contributed by atoms with Crippen molar-refractivity contribution >= 4 is 21.9 Å². The number of sulfonamides is 1. The molecule has 1 aromatic heterocycles. The van der Waals surface area contributed by atoms with Gasteiger partial charge in [0.1, 0.15) is 16.7 Å². The summed E-state index contributed by atoms with van der Waals surface area (Å²) in [6.07, 6.45) is 0.0417. The zero-order chi connectivity index (χ0) is 18.7. The van der Waals surface area contributed by atoms with Crippen molar-refractivity contribution in [2.24, 2.45) is 5.14 Å². The number of hydrogen-bond donors (Lipinski definition) is 3. The van der Waals surface area contributed by atoms with Gasteiger partial charge in [0.2, 0.25) is 10.0 Å². The average molecular weight is 362 g/mol. The molecular weight excluding hydrogens is 340 g/mol. The number of carbonyl (C=O) groups is 2. The van der Waals surface area contributed by atoms with Crippen LogP contribution in [-0.2, 0) is 19.6 Å². The molecule has 0 fully saturated rings. The first-order valence-electron chi connectivity index (χ1n) is 7.12. The van der Waals surface area contributed by atoms with Crippen LogP contribution >= 0.6 is 0 Å². The smallest absolute Gasteiger partial charge is 0.326 e. The van der Waals surface area contributed by atoms with Gasteiger partial charge in [-0.2, -0.15) is 0 Å². The summed E-state index contributed by atoms with van der Waals surface area (Å²) in [5.41, 5.74) is -0.435. The zero-order valence-electron chi connectivity index (χ0n) is 14.0. The third-order valence-corrected chi connectivity index (χ3v) is 3.97. The summed E-state index contributed by atoms with van der Waals surface area (Å²) in [4.78, 5) is 23.0. The first kappa shape index (κ1) is 20.1. The Bertz CT molecular complexity index is 716. The molecule has 1 amide bonds. The van der Waals surface area contributed by atoms with E-state index in [2.05, 4.69) is 5.32 Å². The second-order valence-electron chi connectivity index (χ2n) is 6.19. The van der Waals surface area contributed by atoms with Gasteiger partial charge in [-0.3, -0.25) is 4.79 Å². The van der Waals surface area contributed by atoms with E-state index in [4.69, 9.17) is 14.3 Å². The molecule has 0 aliphatic rings. The Morgan fingerprint density at radius 3 is 2.42 bits per heavy atom. The highest BCUT2D eigenvalue weighted by Crippen LogP contribution is 2.18. The molecule has 24 heavy (non-hydrogen) atoms. The second kappa shape index (κ2) is 7.32. The van der Waals surface area contributed by atoms with Gasteiger partial charge in [0.25, 0.3) is 5.91 Å². The third kappa shape index (κ3) is 5.95. The molecule has 9 nitrogen and oxygen atoms in total. The number of rotatable bonds is 7. The molecule has 0 bridgehead atoms. The van der Waals surface area contributed by atoms with Gasteiger partial charge in [0, 0.05) is 19.1 Å². The van der Waals surface area contributed by atoms with Crippen molar-refractivity contribution in [3.8, 4) is 0 Å². The topological polar surface area (TPSA) is 149 Å². The van der Waals surface area contributed by atoms with E-state index in [9.17, 15) is 23.1 Å². The lowest BCUT2D eigenvalue weighted by Gasteiger charge is -2.21. The highest BCUT2D eigenvalue weighted by molar-refractivity contribution is 7.89. The molecular formula is C14H22N2O7S. The lowest BCUT2D eigenvalue weighted by molar-refractivity contribution is -0.140. The van der Waals surface area contributed by atoms with E-state index in [1.807, 2.05) is 20.8 Å². The number of ether oxygens (including phenoxy) is 1. The number of carboxylic acids is 1. The van der Waals surface area contributed by atoms with Crippen LogP contribution in [0.1, 0.15) is 43.5 Å². The van der Waals surface area contributed by atoms with Crippen LogP contribution in [0.5, 0.6) is 0 Å². The van der Waals surface area contributed by atoms with E-state index in [1.165, 1.54) is 6.92 Å². The molecule has 4 N–H and O–H groups in total. The SMILES string of the molecule is Cc1oc(C(=O)NC(CCOC(C)(C)C)C(=O)O)cc1S(N)(=O)=O. The summed E-state index contributed by atoms with van der Waals surface area (Å²) < 4.78 is 33.1. The minimum atomic E-state index is -4.03. The van der Waals surface area contributed by atoms with Gasteiger partial charge in [-0.25, -0.2) is 18.4 Å². The minimum Gasteiger partial charge on any atom is -0.480 e. The predicted molar refractivity (Wildman–Crippen MR) is 84.0 cm³/mol. The fourth-order valence-corrected chi connectivity index (χ4v) is 2.54. The van der Waals surface area contributed by atoms with Crippen molar-refractivity contribution in [1.82, 2.24) is 5.32 Å². The van der Waals surface area contributed by atoms with Crippen LogP contribution < -0.4 is 10.5 Å². The minimum absolute atomic E-state index is 0.0417. The van der Waals surface area contributed by atoms with Gasteiger partial charge in [0.05, 0.1) is 5.60 Å². The molecule has 1 heterocycles. The van der Waals surface area contributed by atoms with Crippen LogP contribution in [0.15, 0.2) is 15.4 Å². The molecule has 0 aromatic carbocycles. The Hall–Kier alpha value is -1.91. The number of primary sulfonamides is 1. The van der Waals surface area contributed by atoms with Crippen molar-refractivity contribution in [2.45, 2.75) is 50.7 Å². The molecule has 136 valence electrons. The normalized spacial score (nSPS) is 13.5. The van der Waals surface area contributed by atoms with E-state index in [0.717, 1.165) is 6.07 Å². The van der Waals surface area contributed by atoms with Crippen molar-refractivity contribution in [3.05, 3.63) is 17.6 Å². The second-order valence-corrected chi connectivity index (χ2v) is 7.72. The number of hydrogen-bond acceptors (Lipinski definition) is 6. The first-order valence-corrected chi connectivity index (χ1v) is 8.67. The summed E-state index contributed by atoms with van der Waals surface area (Å²) in [5.74, 6) is -2.47. The van der Waals surface area contributed by atoms with Crippen molar-refractivity contribution < 1.29 is 32.3 Å². The number of furan rings is 1. The molecule has 0 saturated carbocycles. The molecule has 1 rings (SSSR count). The number of amides is 1. The van der Waals surface area contributed by atoms with Crippen LogP contribution in [0.2, 0.25) is 0 Å². The summed E-state index contributed by atoms with van der Waals surface area (Å²) >= 11 is 0. The van der Waals surface area contributed by atoms with Gasteiger partial charge >= 0.3 is 5.97 Å². The maximum Gasteiger partial charge on any atom is 0.326 e. The fourth-order valence-electron chi connectivity index (χ4n) is 1.83. The standard InChI is InChI=1S/C14H22N2O7S/c1-8-11(24(15,20)21)7-10(23-8)12(17)16-9(13(18)19)5-6-22-14(2,3)4/h7,9H,5-6H2,1-4H3,(H,16,17)(H,18,19)(H2,15,20,21). The van der Waals surface area contributed by atoms with E-state index >= 15 is 0 Å². The van der Waals surface area contributed by atoms with Gasteiger partial charge in [-0.15, -0.1) is 0 Å². The number of nitrogens with two attached hydrogens (primary N) is 1. The quantitative estimate of drug-likeness (QED) is 0.643. The molecule has 0 saturated heterocycles. The number of aliphatic carboxylic acids is 1. The Morgan fingerprint density at radius 1 is 1.42 bits per heavy atom. The van der Waals surface area contributed by atoms with Crippen LogP contribution in [0.3, 0.4) is 0 Å². The molecule has 0 radical (unpaired) electrons. The van der Waals surface area contributed by atoms with Crippen molar-refractivity contribution in [1.29, 1.82) is 0 Å². The Balaban J connectivity index is 2.81. The van der Waals surface area contributed by atoms with Crippen LogP contribution in [-0.4, -0.2) is 43.7 Å². The van der Waals surface area contributed by atoms with Crippen molar-refractivity contribution in [3.63, 3.8) is 0 Å². The maximum absolute atomic E-state index is 12.1. The van der Waals surface area contributed by atoms with Gasteiger partial charge < -0.3 is 19.6 Å². The van der Waals surface area contributed by atoms with Gasteiger partial charge in [-0.05, 0) is 27.7 Å². The molecule has 1 atom stereocenters. The maximum atomic E-state index is 12.1. The lowest BCUT2D eigenvalue weighted by atomic mass is 10.1. The average Bonchev–Trinajstić information content (AvgIpc) is 2.78. The van der Waals surface area contributed by atoms with E-state index in [1.54, 1.807) is 0 Å². The highest BCUT2D eigenvalue weighted by atomic mass is 32.2. The molecule has 1 aromatic rings. The molecule has 0 aliphatic carbocycles.